The molecule has 0 saturated carbocycles. The van der Waals surface area contributed by atoms with Crippen LogP contribution < -0.4 is 4.74 Å². The van der Waals surface area contributed by atoms with E-state index in [1.807, 2.05) is 25.1 Å². The summed E-state index contributed by atoms with van der Waals surface area (Å²) in [5.74, 6) is 0.621. The standard InChI is InChI=1S/C41H49FN2O3/c1-3-36-25-26-37-38(43-36)11-9-12-39(37)44(28-8-7-14-41(45)46-4-2)29-27-34-10-5-6-13-40(34)47-30-33-19-17-31(18-20-33)15-16-32-21-23-35(42)24-22-32/h5-6,10,13,17-26,39H,3-4,7-9,11-12,14-16,27-30H2,1-2H3. The zero-order chi connectivity index (χ0) is 32.8. The molecule has 6 heteroatoms. The Balaban J connectivity index is 1.20. The number of carbonyl (C=O) groups excluding carboxylic acids is 1. The van der Waals surface area contributed by atoms with Crippen molar-refractivity contribution in [1.29, 1.82) is 0 Å². The lowest BCUT2D eigenvalue weighted by Gasteiger charge is -2.36. The van der Waals surface area contributed by atoms with E-state index in [0.29, 0.717) is 25.7 Å². The van der Waals surface area contributed by atoms with Crippen LogP contribution in [0.1, 0.15) is 91.2 Å². The van der Waals surface area contributed by atoms with Crippen molar-refractivity contribution in [3.8, 4) is 5.75 Å². The van der Waals surface area contributed by atoms with Crippen molar-refractivity contribution in [3.63, 3.8) is 0 Å². The normalized spacial score (nSPS) is 14.2. The van der Waals surface area contributed by atoms with Gasteiger partial charge in [-0.25, -0.2) is 4.39 Å². The summed E-state index contributed by atoms with van der Waals surface area (Å²) in [6.45, 7) is 6.79. The van der Waals surface area contributed by atoms with Gasteiger partial charge in [0.1, 0.15) is 18.2 Å². The quantitative estimate of drug-likeness (QED) is 0.0857. The van der Waals surface area contributed by atoms with Gasteiger partial charge in [0.2, 0.25) is 0 Å². The Bertz CT molecular complexity index is 1550. The summed E-state index contributed by atoms with van der Waals surface area (Å²) in [5.41, 5.74) is 8.51. The lowest BCUT2D eigenvalue weighted by molar-refractivity contribution is -0.143. The number of benzene rings is 3. The fourth-order valence-electron chi connectivity index (χ4n) is 6.51. The van der Waals surface area contributed by atoms with Crippen LogP contribution in [0.15, 0.2) is 84.9 Å². The number of pyridine rings is 1. The highest BCUT2D eigenvalue weighted by molar-refractivity contribution is 5.69. The van der Waals surface area contributed by atoms with E-state index in [1.165, 1.54) is 34.5 Å². The third-order valence-corrected chi connectivity index (χ3v) is 9.18. The van der Waals surface area contributed by atoms with Crippen LogP contribution >= 0.6 is 0 Å². The van der Waals surface area contributed by atoms with Crippen LogP contribution in [-0.2, 0) is 48.2 Å². The minimum absolute atomic E-state index is 0.107. The lowest BCUT2D eigenvalue weighted by Crippen LogP contribution is -2.34. The van der Waals surface area contributed by atoms with Crippen LogP contribution in [0.25, 0.3) is 0 Å². The number of rotatable bonds is 17. The van der Waals surface area contributed by atoms with E-state index in [4.69, 9.17) is 14.5 Å². The van der Waals surface area contributed by atoms with E-state index in [-0.39, 0.29) is 11.8 Å². The van der Waals surface area contributed by atoms with Crippen molar-refractivity contribution in [2.75, 3.05) is 19.7 Å². The molecule has 0 spiro atoms. The SMILES string of the molecule is CCOC(=O)CCCCN(CCc1ccccc1OCc1ccc(CCc2ccc(F)cc2)cc1)C1CCCc2nc(CC)ccc21. The number of halogens is 1. The molecule has 4 aromatic rings. The summed E-state index contributed by atoms with van der Waals surface area (Å²) in [6.07, 6.45) is 9.17. The van der Waals surface area contributed by atoms with Crippen LogP contribution in [0.3, 0.4) is 0 Å². The molecule has 47 heavy (non-hydrogen) atoms. The van der Waals surface area contributed by atoms with Crippen LogP contribution in [0.2, 0.25) is 0 Å². The molecule has 0 fully saturated rings. The Morgan fingerprint density at radius 3 is 2.32 bits per heavy atom. The van der Waals surface area contributed by atoms with Crippen molar-refractivity contribution < 1.29 is 18.7 Å². The number of ether oxygens (including phenoxy) is 2. The van der Waals surface area contributed by atoms with Crippen LogP contribution in [0.4, 0.5) is 4.39 Å². The zero-order valence-corrected chi connectivity index (χ0v) is 28.1. The number of fused-ring (bicyclic) bond motifs is 1. The number of aromatic nitrogens is 1. The average molecular weight is 637 g/mol. The second kappa shape index (κ2) is 17.8. The highest BCUT2D eigenvalue weighted by Gasteiger charge is 2.27. The number of unbranched alkanes of at least 4 members (excludes halogenated alkanes) is 1. The van der Waals surface area contributed by atoms with E-state index in [1.54, 1.807) is 0 Å². The number of aryl methyl sites for hydroxylation is 4. The average Bonchev–Trinajstić information content (AvgIpc) is 3.10. The predicted molar refractivity (Wildman–Crippen MR) is 186 cm³/mol. The summed E-state index contributed by atoms with van der Waals surface area (Å²) >= 11 is 0. The van der Waals surface area contributed by atoms with Gasteiger partial charge in [-0.05, 0) is 123 Å². The number of carbonyl (C=O) groups is 1. The number of hydrogen-bond donors (Lipinski definition) is 0. The number of para-hydroxylation sites is 1. The molecule has 1 aromatic heterocycles. The van der Waals surface area contributed by atoms with Gasteiger partial charge in [0.05, 0.1) is 6.61 Å². The minimum Gasteiger partial charge on any atom is -0.489 e. The van der Waals surface area contributed by atoms with Crippen molar-refractivity contribution in [3.05, 3.63) is 130 Å². The third-order valence-electron chi connectivity index (χ3n) is 9.18. The molecule has 1 aliphatic rings. The maximum atomic E-state index is 13.2. The lowest BCUT2D eigenvalue weighted by atomic mass is 9.89. The Labute approximate surface area is 280 Å². The van der Waals surface area contributed by atoms with E-state index >= 15 is 0 Å². The number of esters is 1. The highest BCUT2D eigenvalue weighted by atomic mass is 19.1. The molecule has 0 aliphatic heterocycles. The Kier molecular flexibility index (Phi) is 13.0. The molecule has 5 nitrogen and oxygen atoms in total. The summed E-state index contributed by atoms with van der Waals surface area (Å²) < 4.78 is 24.8. The fourth-order valence-corrected chi connectivity index (χ4v) is 6.51. The molecule has 248 valence electrons. The van der Waals surface area contributed by atoms with E-state index < -0.39 is 0 Å². The Hall–Kier alpha value is -4.03. The molecule has 3 aromatic carbocycles. The first-order valence-corrected chi connectivity index (χ1v) is 17.4. The van der Waals surface area contributed by atoms with E-state index in [0.717, 1.165) is 93.4 Å². The minimum atomic E-state index is -0.196. The first kappa shape index (κ1) is 34.3. The van der Waals surface area contributed by atoms with Crippen LogP contribution in [-0.4, -0.2) is 35.5 Å². The van der Waals surface area contributed by atoms with Crippen LogP contribution in [0, 0.1) is 5.82 Å². The van der Waals surface area contributed by atoms with Gasteiger partial charge >= 0.3 is 5.97 Å². The van der Waals surface area contributed by atoms with Gasteiger partial charge in [0.15, 0.2) is 0 Å². The number of nitrogens with zero attached hydrogens (tertiary/aromatic N) is 2. The molecular formula is C41H49FN2O3. The maximum absolute atomic E-state index is 13.2. The van der Waals surface area contributed by atoms with Crippen LogP contribution in [0.5, 0.6) is 5.75 Å². The van der Waals surface area contributed by atoms with Gasteiger partial charge in [-0.1, -0.05) is 67.6 Å². The van der Waals surface area contributed by atoms with Gasteiger partial charge in [-0.3, -0.25) is 14.7 Å². The summed E-state index contributed by atoms with van der Waals surface area (Å²) in [4.78, 5) is 19.6. The molecule has 1 heterocycles. The Morgan fingerprint density at radius 2 is 1.57 bits per heavy atom. The molecule has 0 amide bonds. The maximum Gasteiger partial charge on any atom is 0.305 e. The molecule has 1 unspecified atom stereocenters. The third kappa shape index (κ3) is 10.2. The highest BCUT2D eigenvalue weighted by Crippen LogP contribution is 2.34. The molecule has 0 saturated heterocycles. The second-order valence-corrected chi connectivity index (χ2v) is 12.5. The van der Waals surface area contributed by atoms with E-state index in [2.05, 4.69) is 66.4 Å². The fraction of sp³-hybridized carbons (Fsp3) is 0.415. The van der Waals surface area contributed by atoms with Crippen molar-refractivity contribution in [2.45, 2.75) is 90.7 Å². The molecule has 0 N–H and O–H groups in total. The first-order chi connectivity index (χ1) is 23.0. The van der Waals surface area contributed by atoms with Gasteiger partial charge in [-0.2, -0.15) is 0 Å². The molecule has 5 rings (SSSR count). The largest absolute Gasteiger partial charge is 0.489 e. The van der Waals surface area contributed by atoms with Crippen molar-refractivity contribution in [1.82, 2.24) is 9.88 Å². The van der Waals surface area contributed by atoms with Crippen molar-refractivity contribution >= 4 is 5.97 Å². The molecule has 1 atom stereocenters. The zero-order valence-electron chi connectivity index (χ0n) is 28.1. The molecular weight excluding hydrogens is 587 g/mol. The topological polar surface area (TPSA) is 51.7 Å². The smallest absolute Gasteiger partial charge is 0.305 e. The molecule has 0 bridgehead atoms. The first-order valence-electron chi connectivity index (χ1n) is 17.4. The van der Waals surface area contributed by atoms with Gasteiger partial charge in [0, 0.05) is 30.4 Å². The molecule has 0 radical (unpaired) electrons. The van der Waals surface area contributed by atoms with Gasteiger partial charge in [-0.15, -0.1) is 0 Å². The van der Waals surface area contributed by atoms with Gasteiger partial charge < -0.3 is 9.47 Å². The summed E-state index contributed by atoms with van der Waals surface area (Å²) in [6, 6.07) is 28.6. The van der Waals surface area contributed by atoms with E-state index in [9.17, 15) is 9.18 Å². The van der Waals surface area contributed by atoms with Gasteiger partial charge in [0.25, 0.3) is 0 Å². The monoisotopic (exact) mass is 636 g/mol. The number of hydrogen-bond acceptors (Lipinski definition) is 5. The van der Waals surface area contributed by atoms with Crippen molar-refractivity contribution in [2.24, 2.45) is 0 Å². The summed E-state index contributed by atoms with van der Waals surface area (Å²) in [7, 11) is 0. The predicted octanol–water partition coefficient (Wildman–Crippen LogP) is 8.80. The Morgan fingerprint density at radius 1 is 0.851 bits per heavy atom. The molecule has 1 aliphatic carbocycles. The summed E-state index contributed by atoms with van der Waals surface area (Å²) in [5, 5.41) is 0. The second-order valence-electron chi connectivity index (χ2n) is 12.5.